The number of aryl methyl sites for hydroxylation is 1. The Bertz CT molecular complexity index is 1000. The monoisotopic (exact) mass is 351 g/mol. The molecule has 0 unspecified atom stereocenters. The van der Waals surface area contributed by atoms with Crippen LogP contribution in [0.25, 0.3) is 16.9 Å². The second-order valence-electron chi connectivity index (χ2n) is 7.52. The van der Waals surface area contributed by atoms with Crippen molar-refractivity contribution in [1.29, 1.82) is 5.26 Å². The summed E-state index contributed by atoms with van der Waals surface area (Å²) in [5.74, 6) is 1.06. The van der Waals surface area contributed by atoms with Gasteiger partial charge in [0.25, 0.3) is 0 Å². The van der Waals surface area contributed by atoms with Gasteiger partial charge in [-0.15, -0.1) is 0 Å². The summed E-state index contributed by atoms with van der Waals surface area (Å²) in [6, 6.07) is 9.13. The highest BCUT2D eigenvalue weighted by atomic mass is 16.5. The molecule has 3 rings (SSSR count). The van der Waals surface area contributed by atoms with Gasteiger partial charge in [0.15, 0.2) is 5.78 Å². The molecule has 0 fully saturated rings. The Morgan fingerprint density at radius 1 is 1.35 bits per heavy atom. The van der Waals surface area contributed by atoms with Crippen molar-refractivity contribution in [2.24, 2.45) is 5.41 Å². The minimum Gasteiger partial charge on any atom is -0.348 e. The van der Waals surface area contributed by atoms with Gasteiger partial charge in [-0.25, -0.2) is 9.55 Å². The van der Waals surface area contributed by atoms with Gasteiger partial charge in [-0.1, -0.05) is 25.9 Å². The SMILES string of the molecule is Cc1cc(-n2c(NCC(=O)CC(C)(C)C)nc3ccc(C#N)cc32)on1. The smallest absolute Gasteiger partial charge is 0.238 e. The Kier molecular flexibility index (Phi) is 4.51. The maximum absolute atomic E-state index is 12.2. The minimum atomic E-state index is -0.0668. The van der Waals surface area contributed by atoms with Crippen LogP contribution in [0.5, 0.6) is 0 Å². The zero-order chi connectivity index (χ0) is 18.9. The van der Waals surface area contributed by atoms with Crippen LogP contribution in [0, 0.1) is 23.7 Å². The molecule has 7 heteroatoms. The van der Waals surface area contributed by atoms with E-state index < -0.39 is 0 Å². The highest BCUT2D eigenvalue weighted by Gasteiger charge is 2.19. The maximum Gasteiger partial charge on any atom is 0.238 e. The van der Waals surface area contributed by atoms with Crippen LogP contribution in [0.15, 0.2) is 28.8 Å². The van der Waals surface area contributed by atoms with Gasteiger partial charge >= 0.3 is 0 Å². The van der Waals surface area contributed by atoms with Crippen molar-refractivity contribution in [1.82, 2.24) is 14.7 Å². The quantitative estimate of drug-likeness (QED) is 0.754. The number of hydrogen-bond acceptors (Lipinski definition) is 6. The predicted octanol–water partition coefficient (Wildman–Crippen LogP) is 3.61. The number of carbonyl (C=O) groups is 1. The molecule has 1 N–H and O–H groups in total. The van der Waals surface area contributed by atoms with Crippen LogP contribution in [0.3, 0.4) is 0 Å². The molecular weight excluding hydrogens is 330 g/mol. The van der Waals surface area contributed by atoms with Crippen molar-refractivity contribution in [2.45, 2.75) is 34.1 Å². The Morgan fingerprint density at radius 2 is 2.12 bits per heavy atom. The fourth-order valence-electron chi connectivity index (χ4n) is 2.77. The number of rotatable bonds is 5. The molecule has 0 atom stereocenters. The molecule has 1 aromatic carbocycles. The van der Waals surface area contributed by atoms with E-state index in [0.29, 0.717) is 34.9 Å². The summed E-state index contributed by atoms with van der Waals surface area (Å²) in [6.07, 6.45) is 0.472. The van der Waals surface area contributed by atoms with E-state index in [4.69, 9.17) is 4.52 Å². The standard InChI is InChI=1S/C19H21N5O2/c1-12-7-17(26-23-12)24-16-8-13(10-20)5-6-15(16)22-18(24)21-11-14(25)9-19(2,3)4/h5-8H,9,11H2,1-4H3,(H,21,22). The second kappa shape index (κ2) is 6.64. The number of benzene rings is 1. The molecule has 0 amide bonds. The van der Waals surface area contributed by atoms with Gasteiger partial charge in [0.2, 0.25) is 11.8 Å². The first-order valence-corrected chi connectivity index (χ1v) is 8.39. The van der Waals surface area contributed by atoms with E-state index in [2.05, 4.69) is 21.5 Å². The van der Waals surface area contributed by atoms with Crippen LogP contribution < -0.4 is 5.32 Å². The number of fused-ring (bicyclic) bond motifs is 1. The normalized spacial score (nSPS) is 11.5. The topological polar surface area (TPSA) is 96.7 Å². The molecule has 0 radical (unpaired) electrons. The highest BCUT2D eigenvalue weighted by molar-refractivity contribution is 5.85. The third-order valence-corrected chi connectivity index (χ3v) is 3.79. The number of ketones is 1. The molecule has 3 aromatic rings. The molecule has 7 nitrogen and oxygen atoms in total. The summed E-state index contributed by atoms with van der Waals surface area (Å²) in [7, 11) is 0. The van der Waals surface area contributed by atoms with Crippen molar-refractivity contribution >= 4 is 22.8 Å². The Labute approximate surface area is 151 Å². The van der Waals surface area contributed by atoms with Crippen molar-refractivity contribution in [3.63, 3.8) is 0 Å². The van der Waals surface area contributed by atoms with E-state index in [1.54, 1.807) is 28.8 Å². The Morgan fingerprint density at radius 3 is 2.73 bits per heavy atom. The summed E-state index contributed by atoms with van der Waals surface area (Å²) >= 11 is 0. The number of Topliss-reactive ketones (excluding diaryl/α,β-unsaturated/α-hetero) is 1. The highest BCUT2D eigenvalue weighted by Crippen LogP contribution is 2.26. The van der Waals surface area contributed by atoms with Crippen LogP contribution in [0.1, 0.15) is 38.4 Å². The van der Waals surface area contributed by atoms with E-state index in [1.165, 1.54) is 0 Å². The summed E-state index contributed by atoms with van der Waals surface area (Å²) in [5.41, 5.74) is 2.59. The third-order valence-electron chi connectivity index (χ3n) is 3.79. The van der Waals surface area contributed by atoms with Gasteiger partial charge in [-0.05, 0) is 30.5 Å². The second-order valence-corrected chi connectivity index (χ2v) is 7.52. The van der Waals surface area contributed by atoms with E-state index in [-0.39, 0.29) is 17.7 Å². The molecule has 26 heavy (non-hydrogen) atoms. The third kappa shape index (κ3) is 3.75. The summed E-state index contributed by atoms with van der Waals surface area (Å²) < 4.78 is 7.12. The van der Waals surface area contributed by atoms with Gasteiger partial charge in [-0.3, -0.25) is 4.79 Å². The maximum atomic E-state index is 12.2. The van der Waals surface area contributed by atoms with Crippen molar-refractivity contribution < 1.29 is 9.32 Å². The fourth-order valence-corrected chi connectivity index (χ4v) is 2.77. The number of nitriles is 1. The lowest BCUT2D eigenvalue weighted by Crippen LogP contribution is -2.21. The molecule has 0 aliphatic carbocycles. The average molecular weight is 351 g/mol. The van der Waals surface area contributed by atoms with Gasteiger partial charge in [-0.2, -0.15) is 5.26 Å². The Balaban J connectivity index is 1.99. The van der Waals surface area contributed by atoms with Crippen LogP contribution in [0.2, 0.25) is 0 Å². The van der Waals surface area contributed by atoms with Crippen LogP contribution in [-0.2, 0) is 4.79 Å². The van der Waals surface area contributed by atoms with Crippen molar-refractivity contribution in [3.8, 4) is 12.0 Å². The number of aromatic nitrogens is 3. The van der Waals surface area contributed by atoms with Gasteiger partial charge in [0, 0.05) is 12.5 Å². The lowest BCUT2D eigenvalue weighted by Gasteiger charge is -2.17. The molecule has 134 valence electrons. The average Bonchev–Trinajstić information content (AvgIpc) is 3.13. The van der Waals surface area contributed by atoms with Crippen LogP contribution >= 0.6 is 0 Å². The van der Waals surface area contributed by atoms with Crippen LogP contribution in [0.4, 0.5) is 5.95 Å². The summed E-state index contributed by atoms with van der Waals surface area (Å²) in [4.78, 5) is 16.8. The summed E-state index contributed by atoms with van der Waals surface area (Å²) in [5, 5.41) is 16.2. The molecular formula is C19H21N5O2. The van der Waals surface area contributed by atoms with Gasteiger partial charge < -0.3 is 9.84 Å². The lowest BCUT2D eigenvalue weighted by molar-refractivity contribution is -0.119. The fraction of sp³-hybridized carbons (Fsp3) is 0.368. The first kappa shape index (κ1) is 17.7. The van der Waals surface area contributed by atoms with Gasteiger partial charge in [0.05, 0.1) is 34.9 Å². The molecule has 0 saturated carbocycles. The van der Waals surface area contributed by atoms with E-state index >= 15 is 0 Å². The lowest BCUT2D eigenvalue weighted by atomic mass is 9.90. The minimum absolute atomic E-state index is 0.0668. The predicted molar refractivity (Wildman–Crippen MR) is 98.2 cm³/mol. The van der Waals surface area contributed by atoms with Gasteiger partial charge in [0.1, 0.15) is 0 Å². The van der Waals surface area contributed by atoms with Crippen molar-refractivity contribution in [2.75, 3.05) is 11.9 Å². The molecule has 0 spiro atoms. The van der Waals surface area contributed by atoms with Crippen molar-refractivity contribution in [3.05, 3.63) is 35.5 Å². The van der Waals surface area contributed by atoms with E-state index in [9.17, 15) is 10.1 Å². The first-order valence-electron chi connectivity index (χ1n) is 8.39. The molecule has 2 aromatic heterocycles. The number of hydrogen-bond donors (Lipinski definition) is 1. The first-order chi connectivity index (χ1) is 12.3. The molecule has 0 saturated heterocycles. The zero-order valence-electron chi connectivity index (χ0n) is 15.3. The number of carbonyl (C=O) groups excluding carboxylic acids is 1. The molecule has 2 heterocycles. The Hall–Kier alpha value is -3.14. The molecule has 0 aliphatic rings. The zero-order valence-corrected chi connectivity index (χ0v) is 15.3. The van der Waals surface area contributed by atoms with E-state index in [0.717, 1.165) is 5.69 Å². The number of anilines is 1. The number of imidazole rings is 1. The molecule has 0 bridgehead atoms. The number of nitrogens with zero attached hydrogens (tertiary/aromatic N) is 4. The largest absolute Gasteiger partial charge is 0.348 e. The van der Waals surface area contributed by atoms with Crippen LogP contribution in [-0.4, -0.2) is 27.0 Å². The summed E-state index contributed by atoms with van der Waals surface area (Å²) in [6.45, 7) is 8.08. The number of nitrogens with one attached hydrogen (secondary N) is 1. The molecule has 0 aliphatic heterocycles. The van der Waals surface area contributed by atoms with E-state index in [1.807, 2.05) is 27.7 Å².